The van der Waals surface area contributed by atoms with Gasteiger partial charge in [0.15, 0.2) is 0 Å². The minimum atomic E-state index is -3.00. The second-order valence-corrected chi connectivity index (χ2v) is 13.7. The van der Waals surface area contributed by atoms with Gasteiger partial charge in [0.1, 0.15) is 24.3 Å². The molecule has 1 aliphatic carbocycles. The maximum Gasteiger partial charge on any atom is 0.276 e. The Hall–Kier alpha value is -3.91. The number of nitrogens with zero attached hydrogens (tertiary/aromatic N) is 6. The van der Waals surface area contributed by atoms with Crippen molar-refractivity contribution in [1.29, 1.82) is 5.26 Å². The molecule has 3 aromatic rings. The molecular weight excluding hydrogens is 576 g/mol. The van der Waals surface area contributed by atoms with Gasteiger partial charge in [0, 0.05) is 42.2 Å². The summed E-state index contributed by atoms with van der Waals surface area (Å²) in [5.41, 5.74) is -0.421. The molecule has 0 spiro atoms. The molecule has 238 valence electrons. The van der Waals surface area contributed by atoms with Gasteiger partial charge in [-0.05, 0) is 90.1 Å². The number of hydrogen-bond donors (Lipinski definition) is 1. The van der Waals surface area contributed by atoms with E-state index in [9.17, 15) is 14.9 Å². The molecule has 5 heterocycles. The molecule has 0 radical (unpaired) electrons. The van der Waals surface area contributed by atoms with Crippen molar-refractivity contribution >= 4 is 22.8 Å². The van der Waals surface area contributed by atoms with Gasteiger partial charge in [-0.1, -0.05) is 18.2 Å². The van der Waals surface area contributed by atoms with E-state index in [4.69, 9.17) is 0 Å². The summed E-state index contributed by atoms with van der Waals surface area (Å²) in [6, 6.07) is 10.1. The second kappa shape index (κ2) is 11.5. The largest absolute Gasteiger partial charge is 0.363 e. The number of halogens is 2. The van der Waals surface area contributed by atoms with Gasteiger partial charge < -0.3 is 10.2 Å². The van der Waals surface area contributed by atoms with Crippen molar-refractivity contribution in [3.8, 4) is 6.07 Å². The molecule has 3 aliphatic heterocycles. The molecule has 7 rings (SSSR count). The van der Waals surface area contributed by atoms with Crippen LogP contribution in [0.2, 0.25) is 0 Å². The van der Waals surface area contributed by atoms with Gasteiger partial charge in [-0.3, -0.25) is 19.1 Å². The summed E-state index contributed by atoms with van der Waals surface area (Å²) >= 11 is 0. The Labute approximate surface area is 262 Å². The van der Waals surface area contributed by atoms with E-state index in [1.165, 1.54) is 17.0 Å². The Morgan fingerprint density at radius 3 is 2.53 bits per heavy atom. The number of anilines is 1. The molecule has 1 N–H and O–H groups in total. The van der Waals surface area contributed by atoms with Gasteiger partial charge in [-0.2, -0.15) is 5.26 Å². The summed E-state index contributed by atoms with van der Waals surface area (Å²) < 4.78 is 33.7. The van der Waals surface area contributed by atoms with Crippen LogP contribution in [0.15, 0.2) is 41.5 Å². The van der Waals surface area contributed by atoms with E-state index in [0.717, 1.165) is 19.4 Å². The average molecular weight is 618 g/mol. The lowest BCUT2D eigenvalue weighted by atomic mass is 9.77. The van der Waals surface area contributed by atoms with Crippen LogP contribution in [0.3, 0.4) is 0 Å². The van der Waals surface area contributed by atoms with Gasteiger partial charge in [-0.25, -0.2) is 18.7 Å². The minimum absolute atomic E-state index is 0.00343. The fraction of sp³-hybridized carbons (Fsp3) is 0.559. The lowest BCUT2D eigenvalue weighted by molar-refractivity contribution is -0.130. The molecule has 2 aromatic heterocycles. The van der Waals surface area contributed by atoms with E-state index < -0.39 is 28.9 Å². The number of carbonyl (C=O) groups is 1. The van der Waals surface area contributed by atoms with E-state index in [2.05, 4.69) is 26.3 Å². The van der Waals surface area contributed by atoms with Crippen molar-refractivity contribution in [3.05, 3.63) is 63.7 Å². The van der Waals surface area contributed by atoms with Gasteiger partial charge in [-0.15, -0.1) is 0 Å². The van der Waals surface area contributed by atoms with Crippen molar-refractivity contribution in [2.45, 2.75) is 88.8 Å². The fourth-order valence-electron chi connectivity index (χ4n) is 7.10. The molecule has 8 bridgehead atoms. The first-order valence-electron chi connectivity index (χ1n) is 15.9. The third-order valence-corrected chi connectivity index (χ3v) is 10.2. The molecular formula is C34H41F2N7O2. The number of nitrogens with one attached hydrogen (secondary N) is 1. The number of rotatable bonds is 1. The Morgan fingerprint density at radius 2 is 1.82 bits per heavy atom. The Balaban J connectivity index is 1.45. The summed E-state index contributed by atoms with van der Waals surface area (Å²) in [6.07, 6.45) is 4.78. The molecule has 2 unspecified atom stereocenters. The molecule has 2 fully saturated rings. The van der Waals surface area contributed by atoms with Crippen LogP contribution in [0, 0.1) is 17.2 Å². The maximum atomic E-state index is 16.2. The Bertz CT molecular complexity index is 1730. The van der Waals surface area contributed by atoms with Crippen LogP contribution in [0.25, 0.3) is 11.0 Å². The molecule has 1 saturated heterocycles. The van der Waals surface area contributed by atoms with Crippen molar-refractivity contribution < 1.29 is 13.6 Å². The van der Waals surface area contributed by atoms with E-state index in [1.807, 2.05) is 26.8 Å². The highest BCUT2D eigenvalue weighted by Crippen LogP contribution is 2.48. The molecule has 1 saturated carbocycles. The lowest BCUT2D eigenvalue weighted by Crippen LogP contribution is -2.52. The SMILES string of the molecule is C[C@H]1Nc2ncnc3c2cc(C2(C#N)CC2)c(=O)n3CC(=O)N(C)CCCCN2CCC(CC2(C)C)C(F)(F)c2cccc1c2. The fourth-order valence-corrected chi connectivity index (χ4v) is 7.10. The highest BCUT2D eigenvalue weighted by Gasteiger charge is 2.49. The number of likely N-dealkylation sites (N-methyl/N-ethyl adjacent to an activating group) is 1. The molecule has 1 aromatic carbocycles. The van der Waals surface area contributed by atoms with Crippen LogP contribution < -0.4 is 10.9 Å². The third kappa shape index (κ3) is 5.69. The van der Waals surface area contributed by atoms with Crippen molar-refractivity contribution in [2.75, 3.05) is 32.0 Å². The smallest absolute Gasteiger partial charge is 0.276 e. The lowest BCUT2D eigenvalue weighted by Gasteiger charge is -2.47. The number of nitriles is 1. The van der Waals surface area contributed by atoms with Gasteiger partial charge in [0.25, 0.3) is 11.5 Å². The number of pyridine rings is 1. The second-order valence-electron chi connectivity index (χ2n) is 13.7. The van der Waals surface area contributed by atoms with Crippen LogP contribution in [-0.2, 0) is 22.7 Å². The highest BCUT2D eigenvalue weighted by molar-refractivity contribution is 5.89. The van der Waals surface area contributed by atoms with Crippen LogP contribution in [0.1, 0.15) is 82.0 Å². The summed E-state index contributed by atoms with van der Waals surface area (Å²) in [6.45, 7) is 7.59. The molecule has 4 aliphatic rings. The predicted molar refractivity (Wildman–Crippen MR) is 168 cm³/mol. The molecule has 9 nitrogen and oxygen atoms in total. The zero-order valence-electron chi connectivity index (χ0n) is 26.4. The number of aromatic nitrogens is 3. The predicted octanol–water partition coefficient (Wildman–Crippen LogP) is 5.35. The van der Waals surface area contributed by atoms with Crippen LogP contribution in [0.4, 0.5) is 14.6 Å². The van der Waals surface area contributed by atoms with E-state index >= 15 is 8.78 Å². The number of benzene rings is 1. The summed E-state index contributed by atoms with van der Waals surface area (Å²) in [5, 5.41) is 13.8. The van der Waals surface area contributed by atoms with Gasteiger partial charge in [0.05, 0.1) is 16.9 Å². The number of fused-ring (bicyclic) bond motifs is 9. The zero-order valence-corrected chi connectivity index (χ0v) is 26.4. The number of carbonyl (C=O) groups excluding carboxylic acids is 1. The number of hydrogen-bond acceptors (Lipinski definition) is 7. The van der Waals surface area contributed by atoms with Crippen molar-refractivity contribution in [3.63, 3.8) is 0 Å². The maximum absolute atomic E-state index is 16.2. The number of alkyl halides is 2. The zero-order chi connectivity index (χ0) is 32.1. The third-order valence-electron chi connectivity index (χ3n) is 10.2. The van der Waals surface area contributed by atoms with Gasteiger partial charge >= 0.3 is 0 Å². The normalized spacial score (nSPS) is 26.1. The first-order valence-corrected chi connectivity index (χ1v) is 15.9. The molecule has 45 heavy (non-hydrogen) atoms. The minimum Gasteiger partial charge on any atom is -0.363 e. The van der Waals surface area contributed by atoms with E-state index in [-0.39, 0.29) is 29.2 Å². The van der Waals surface area contributed by atoms with Crippen LogP contribution in [-0.4, -0.2) is 62.5 Å². The quantitative estimate of drug-likeness (QED) is 0.392. The monoisotopic (exact) mass is 617 g/mol. The van der Waals surface area contributed by atoms with Crippen molar-refractivity contribution in [2.24, 2.45) is 5.92 Å². The van der Waals surface area contributed by atoms with E-state index in [0.29, 0.717) is 61.1 Å². The average Bonchev–Trinajstić information content (AvgIpc) is 3.81. The van der Waals surface area contributed by atoms with Gasteiger partial charge in [0.2, 0.25) is 5.91 Å². The molecule has 11 heteroatoms. The standard InChI is InChI=1S/C34H41F2N7O2/c1-22-23-8-7-9-24(16-23)34(35,36)25-10-15-42(32(2,3)18-25)14-6-5-13-41(4)28(44)19-43-30-26(29(40-22)38-21-39-30)17-27(31(43)45)33(20-37)11-12-33/h7-9,16-17,21-22,25H,5-6,10-15,18-19H2,1-4H3,(H,38,39,40)/t22-,25?/m1/s1. The number of amides is 1. The molecule has 1 amide bonds. The Morgan fingerprint density at radius 1 is 1.07 bits per heavy atom. The summed E-state index contributed by atoms with van der Waals surface area (Å²) in [4.78, 5) is 40.1. The van der Waals surface area contributed by atoms with E-state index in [1.54, 1.807) is 30.1 Å². The topological polar surface area (TPSA) is 107 Å². The number of piperidine rings is 1. The van der Waals surface area contributed by atoms with Crippen LogP contribution >= 0.6 is 0 Å². The first kappa shape index (κ1) is 31.1. The Kier molecular flexibility index (Phi) is 7.92. The molecule has 3 atom stereocenters. The van der Waals surface area contributed by atoms with Crippen molar-refractivity contribution in [1.82, 2.24) is 24.3 Å². The highest BCUT2D eigenvalue weighted by atomic mass is 19.3. The first-order chi connectivity index (χ1) is 21.4. The van der Waals surface area contributed by atoms with Crippen LogP contribution in [0.5, 0.6) is 0 Å². The summed E-state index contributed by atoms with van der Waals surface area (Å²) in [7, 11) is 1.72. The summed E-state index contributed by atoms with van der Waals surface area (Å²) in [5.74, 6) is -3.61.